The van der Waals surface area contributed by atoms with Crippen LogP contribution in [0.3, 0.4) is 0 Å². The molecule has 0 unspecified atom stereocenters. The molecule has 2 N–H and O–H groups in total. The van der Waals surface area contributed by atoms with Gasteiger partial charge in [-0.05, 0) is 52.3 Å². The second-order valence-corrected chi connectivity index (χ2v) is 5.48. The van der Waals surface area contributed by atoms with E-state index in [1.807, 2.05) is 0 Å². The van der Waals surface area contributed by atoms with Gasteiger partial charge < -0.3 is 15.4 Å². The van der Waals surface area contributed by atoms with Crippen molar-refractivity contribution in [3.63, 3.8) is 0 Å². The molecule has 110 valence electrons. The van der Waals surface area contributed by atoms with E-state index in [0.717, 1.165) is 0 Å². The number of nitrogen functional groups attached to an aromatic ring is 1. The molecule has 0 spiro atoms. The summed E-state index contributed by atoms with van der Waals surface area (Å²) in [5.41, 5.74) is 6.70. The number of rotatable bonds is 3. The number of hydrogen-bond donors (Lipinski definition) is 1. The molecule has 0 heterocycles. The molecule has 0 aliphatic heterocycles. The van der Waals surface area contributed by atoms with Crippen molar-refractivity contribution >= 4 is 27.5 Å². The molecule has 0 fully saturated rings. The van der Waals surface area contributed by atoms with Crippen molar-refractivity contribution in [2.45, 2.75) is 0 Å². The van der Waals surface area contributed by atoms with Gasteiger partial charge in [0.15, 0.2) is 5.75 Å². The standard InChI is InChI=1S/C15H14BrFN2O2/c1-19(2)15(20)9-3-6-13(18)14(7-9)21-10-4-5-12(17)11(16)8-10/h3-8H,18H2,1-2H3. The van der Waals surface area contributed by atoms with Crippen LogP contribution in [0.1, 0.15) is 10.4 Å². The molecule has 2 rings (SSSR count). The van der Waals surface area contributed by atoms with Gasteiger partial charge in [0.1, 0.15) is 11.6 Å². The van der Waals surface area contributed by atoms with Crippen molar-refractivity contribution in [1.82, 2.24) is 4.90 Å². The van der Waals surface area contributed by atoms with Gasteiger partial charge in [-0.1, -0.05) is 0 Å². The minimum absolute atomic E-state index is 0.153. The van der Waals surface area contributed by atoms with Gasteiger partial charge in [0.05, 0.1) is 10.2 Å². The van der Waals surface area contributed by atoms with Gasteiger partial charge in [0.2, 0.25) is 0 Å². The van der Waals surface area contributed by atoms with E-state index in [2.05, 4.69) is 15.9 Å². The monoisotopic (exact) mass is 352 g/mol. The third-order valence-electron chi connectivity index (χ3n) is 2.79. The average molecular weight is 353 g/mol. The largest absolute Gasteiger partial charge is 0.455 e. The number of ether oxygens (including phenoxy) is 1. The van der Waals surface area contributed by atoms with E-state index in [4.69, 9.17) is 10.5 Å². The first-order chi connectivity index (χ1) is 9.88. The lowest BCUT2D eigenvalue weighted by Crippen LogP contribution is -2.21. The van der Waals surface area contributed by atoms with E-state index < -0.39 is 0 Å². The zero-order valence-corrected chi connectivity index (χ0v) is 13.1. The summed E-state index contributed by atoms with van der Waals surface area (Å²) in [5, 5.41) is 0. The summed E-state index contributed by atoms with van der Waals surface area (Å²) in [6, 6.07) is 9.06. The molecular weight excluding hydrogens is 339 g/mol. The Kier molecular flexibility index (Phi) is 4.47. The fraction of sp³-hybridized carbons (Fsp3) is 0.133. The third-order valence-corrected chi connectivity index (χ3v) is 3.39. The Morgan fingerprint density at radius 2 is 1.95 bits per heavy atom. The number of nitrogens with zero attached hydrogens (tertiary/aromatic N) is 1. The molecular formula is C15H14BrFN2O2. The number of anilines is 1. The van der Waals surface area contributed by atoms with Gasteiger partial charge in [-0.25, -0.2) is 4.39 Å². The lowest BCUT2D eigenvalue weighted by Gasteiger charge is -2.13. The molecule has 2 aromatic carbocycles. The van der Waals surface area contributed by atoms with Gasteiger partial charge in [0.25, 0.3) is 5.91 Å². The van der Waals surface area contributed by atoms with Crippen LogP contribution in [0.15, 0.2) is 40.9 Å². The zero-order valence-electron chi connectivity index (χ0n) is 11.6. The topological polar surface area (TPSA) is 55.6 Å². The number of carbonyl (C=O) groups excluding carboxylic acids is 1. The molecule has 1 amide bonds. The van der Waals surface area contributed by atoms with E-state index in [-0.39, 0.29) is 11.7 Å². The van der Waals surface area contributed by atoms with Gasteiger partial charge in [-0.15, -0.1) is 0 Å². The maximum atomic E-state index is 13.2. The second kappa shape index (κ2) is 6.13. The molecule has 0 radical (unpaired) electrons. The number of hydrogen-bond acceptors (Lipinski definition) is 3. The predicted octanol–water partition coefficient (Wildman–Crippen LogP) is 3.66. The number of amides is 1. The van der Waals surface area contributed by atoms with Crippen molar-refractivity contribution < 1.29 is 13.9 Å². The number of carbonyl (C=O) groups is 1. The van der Waals surface area contributed by atoms with Gasteiger partial charge >= 0.3 is 0 Å². The smallest absolute Gasteiger partial charge is 0.253 e. The number of nitrogens with two attached hydrogens (primary N) is 1. The molecule has 0 aliphatic rings. The molecule has 0 saturated carbocycles. The highest BCUT2D eigenvalue weighted by atomic mass is 79.9. The van der Waals surface area contributed by atoms with Crippen LogP contribution >= 0.6 is 15.9 Å². The van der Waals surface area contributed by atoms with Crippen molar-refractivity contribution in [2.75, 3.05) is 19.8 Å². The average Bonchev–Trinajstić information content (AvgIpc) is 2.44. The summed E-state index contributed by atoms with van der Waals surface area (Å²) in [4.78, 5) is 13.4. The summed E-state index contributed by atoms with van der Waals surface area (Å²) >= 11 is 3.09. The van der Waals surface area contributed by atoms with Crippen molar-refractivity contribution in [2.24, 2.45) is 0 Å². The van der Waals surface area contributed by atoms with Crippen LogP contribution in [0, 0.1) is 5.82 Å². The Morgan fingerprint density at radius 1 is 1.24 bits per heavy atom. The van der Waals surface area contributed by atoms with Crippen LogP contribution < -0.4 is 10.5 Å². The van der Waals surface area contributed by atoms with Gasteiger partial charge in [-0.2, -0.15) is 0 Å². The Hall–Kier alpha value is -2.08. The summed E-state index contributed by atoms with van der Waals surface area (Å²) < 4.78 is 19.1. The van der Waals surface area contributed by atoms with Crippen molar-refractivity contribution in [1.29, 1.82) is 0 Å². The van der Waals surface area contributed by atoms with E-state index in [1.165, 1.54) is 23.1 Å². The van der Waals surface area contributed by atoms with Crippen LogP contribution in [0.25, 0.3) is 0 Å². The van der Waals surface area contributed by atoms with Crippen molar-refractivity contribution in [3.05, 3.63) is 52.3 Å². The van der Waals surface area contributed by atoms with Gasteiger partial charge in [0, 0.05) is 19.7 Å². The molecule has 6 heteroatoms. The normalized spacial score (nSPS) is 10.3. The highest BCUT2D eigenvalue weighted by molar-refractivity contribution is 9.10. The highest BCUT2D eigenvalue weighted by Gasteiger charge is 2.12. The summed E-state index contributed by atoms with van der Waals surface area (Å²) in [6.45, 7) is 0. The molecule has 2 aromatic rings. The summed E-state index contributed by atoms with van der Waals surface area (Å²) in [5.74, 6) is 0.234. The van der Waals surface area contributed by atoms with Crippen LogP contribution in [-0.4, -0.2) is 24.9 Å². The zero-order chi connectivity index (χ0) is 15.6. The fourth-order valence-corrected chi connectivity index (χ4v) is 2.04. The number of benzene rings is 2. The SMILES string of the molecule is CN(C)C(=O)c1ccc(N)c(Oc2ccc(F)c(Br)c2)c1. The fourth-order valence-electron chi connectivity index (χ4n) is 1.68. The van der Waals surface area contributed by atoms with E-state index in [1.54, 1.807) is 32.3 Å². The first-order valence-corrected chi connectivity index (χ1v) is 6.92. The molecule has 4 nitrogen and oxygen atoms in total. The molecule has 0 aliphatic carbocycles. The minimum atomic E-state index is -0.383. The molecule has 0 atom stereocenters. The first kappa shape index (κ1) is 15.3. The summed E-state index contributed by atoms with van der Waals surface area (Å²) in [7, 11) is 3.33. The third kappa shape index (κ3) is 3.52. The number of halogens is 2. The highest BCUT2D eigenvalue weighted by Crippen LogP contribution is 2.31. The Labute approximate surface area is 130 Å². The minimum Gasteiger partial charge on any atom is -0.455 e. The van der Waals surface area contributed by atoms with E-state index >= 15 is 0 Å². The molecule has 0 aromatic heterocycles. The van der Waals surface area contributed by atoms with Gasteiger partial charge in [-0.3, -0.25) is 4.79 Å². The van der Waals surface area contributed by atoms with Crippen LogP contribution in [0.2, 0.25) is 0 Å². The predicted molar refractivity (Wildman–Crippen MR) is 83.0 cm³/mol. The van der Waals surface area contributed by atoms with Crippen LogP contribution in [0.5, 0.6) is 11.5 Å². The maximum Gasteiger partial charge on any atom is 0.253 e. The Morgan fingerprint density at radius 3 is 2.57 bits per heavy atom. The molecule has 0 bridgehead atoms. The Balaban J connectivity index is 2.32. The first-order valence-electron chi connectivity index (χ1n) is 6.12. The lowest BCUT2D eigenvalue weighted by atomic mass is 10.1. The molecule has 0 saturated heterocycles. The van der Waals surface area contributed by atoms with E-state index in [0.29, 0.717) is 27.2 Å². The quantitative estimate of drug-likeness (QED) is 0.857. The van der Waals surface area contributed by atoms with Crippen LogP contribution in [-0.2, 0) is 0 Å². The van der Waals surface area contributed by atoms with Crippen LogP contribution in [0.4, 0.5) is 10.1 Å². The van der Waals surface area contributed by atoms with E-state index in [9.17, 15) is 9.18 Å². The summed E-state index contributed by atoms with van der Waals surface area (Å²) in [6.07, 6.45) is 0. The maximum absolute atomic E-state index is 13.2. The Bertz CT molecular complexity index is 689. The second-order valence-electron chi connectivity index (χ2n) is 4.63. The van der Waals surface area contributed by atoms with Crippen molar-refractivity contribution in [3.8, 4) is 11.5 Å². The molecule has 21 heavy (non-hydrogen) atoms. The lowest BCUT2D eigenvalue weighted by molar-refractivity contribution is 0.0827.